The lowest BCUT2D eigenvalue weighted by molar-refractivity contribution is 0.357. The van der Waals surface area contributed by atoms with Gasteiger partial charge in [-0.25, -0.2) is 0 Å². The molecule has 2 N–H and O–H groups in total. The zero-order valence-corrected chi connectivity index (χ0v) is 9.75. The number of likely N-dealkylation sites (tertiary alicyclic amines) is 1. The van der Waals surface area contributed by atoms with E-state index in [-0.39, 0.29) is 0 Å². The molecule has 1 aromatic carbocycles. The van der Waals surface area contributed by atoms with Crippen LogP contribution in [0.15, 0.2) is 35.2 Å². The first kappa shape index (κ1) is 11.0. The first-order valence-electron chi connectivity index (χ1n) is 5.50. The van der Waals surface area contributed by atoms with Crippen LogP contribution in [0.5, 0.6) is 0 Å². The van der Waals surface area contributed by atoms with Gasteiger partial charge in [0, 0.05) is 29.8 Å². The van der Waals surface area contributed by atoms with Crippen molar-refractivity contribution in [3.63, 3.8) is 0 Å². The van der Waals surface area contributed by atoms with Gasteiger partial charge in [0.15, 0.2) is 0 Å². The number of hydrogen-bond donors (Lipinski definition) is 1. The molecule has 0 saturated carbocycles. The van der Waals surface area contributed by atoms with Gasteiger partial charge in [0.1, 0.15) is 0 Å². The van der Waals surface area contributed by atoms with E-state index in [0.29, 0.717) is 6.04 Å². The van der Waals surface area contributed by atoms with Crippen LogP contribution >= 0.6 is 11.8 Å². The number of thioether (sulfide) groups is 1. The molecule has 82 valence electrons. The second-order valence-corrected chi connectivity index (χ2v) is 5.18. The Bertz CT molecular complexity index is 289. The van der Waals surface area contributed by atoms with E-state index in [9.17, 15) is 0 Å². The van der Waals surface area contributed by atoms with E-state index in [1.54, 1.807) is 0 Å². The Balaban J connectivity index is 1.67. The van der Waals surface area contributed by atoms with Gasteiger partial charge in [-0.3, -0.25) is 0 Å². The van der Waals surface area contributed by atoms with Crippen molar-refractivity contribution in [3.8, 4) is 0 Å². The fraction of sp³-hybridized carbons (Fsp3) is 0.500. The van der Waals surface area contributed by atoms with Crippen LogP contribution in [-0.4, -0.2) is 36.3 Å². The molecule has 2 nitrogen and oxygen atoms in total. The molecule has 0 aromatic heterocycles. The summed E-state index contributed by atoms with van der Waals surface area (Å²) in [5, 5.41) is 0. The van der Waals surface area contributed by atoms with E-state index < -0.39 is 0 Å². The van der Waals surface area contributed by atoms with Crippen molar-refractivity contribution >= 4 is 11.8 Å². The summed E-state index contributed by atoms with van der Waals surface area (Å²) >= 11 is 1.93. The largest absolute Gasteiger partial charge is 0.326 e. The molecule has 0 amide bonds. The second-order valence-electron chi connectivity index (χ2n) is 4.01. The van der Waals surface area contributed by atoms with Crippen molar-refractivity contribution in [3.05, 3.63) is 30.3 Å². The van der Waals surface area contributed by atoms with Crippen LogP contribution in [0.2, 0.25) is 0 Å². The van der Waals surface area contributed by atoms with Gasteiger partial charge >= 0.3 is 0 Å². The summed E-state index contributed by atoms with van der Waals surface area (Å²) in [5.41, 5.74) is 5.86. The van der Waals surface area contributed by atoms with Crippen molar-refractivity contribution in [1.82, 2.24) is 4.90 Å². The summed E-state index contributed by atoms with van der Waals surface area (Å²) in [4.78, 5) is 3.82. The van der Waals surface area contributed by atoms with Gasteiger partial charge in [-0.1, -0.05) is 18.2 Å². The Labute approximate surface area is 95.8 Å². The van der Waals surface area contributed by atoms with E-state index in [2.05, 4.69) is 35.2 Å². The third kappa shape index (κ3) is 3.52. The summed E-state index contributed by atoms with van der Waals surface area (Å²) in [5.74, 6) is 1.16. The van der Waals surface area contributed by atoms with Crippen molar-refractivity contribution in [2.24, 2.45) is 5.73 Å². The maximum absolute atomic E-state index is 5.86. The summed E-state index contributed by atoms with van der Waals surface area (Å²) in [6.45, 7) is 3.42. The molecule has 1 atom stereocenters. The molecular formula is C12H18N2S. The standard InChI is InChI=1S/C12H18N2S/c13-11-6-7-14(10-11)8-9-15-12-4-2-1-3-5-12/h1-5,11H,6-10,13H2. The molecule has 1 saturated heterocycles. The maximum atomic E-state index is 5.86. The number of rotatable bonds is 4. The Morgan fingerprint density at radius 3 is 2.80 bits per heavy atom. The molecule has 1 aliphatic rings. The molecule has 0 radical (unpaired) electrons. The Morgan fingerprint density at radius 1 is 1.33 bits per heavy atom. The highest BCUT2D eigenvalue weighted by molar-refractivity contribution is 7.99. The first-order valence-corrected chi connectivity index (χ1v) is 6.49. The Morgan fingerprint density at radius 2 is 2.13 bits per heavy atom. The lowest BCUT2D eigenvalue weighted by Gasteiger charge is -2.14. The van der Waals surface area contributed by atoms with Gasteiger partial charge in [-0.15, -0.1) is 11.8 Å². The van der Waals surface area contributed by atoms with E-state index in [1.165, 1.54) is 11.4 Å². The number of benzene rings is 1. The van der Waals surface area contributed by atoms with Crippen LogP contribution in [0.1, 0.15) is 6.42 Å². The summed E-state index contributed by atoms with van der Waals surface area (Å²) in [6.07, 6.45) is 1.16. The highest BCUT2D eigenvalue weighted by Gasteiger charge is 2.17. The lowest BCUT2D eigenvalue weighted by atomic mass is 10.3. The fourth-order valence-electron chi connectivity index (χ4n) is 1.88. The molecule has 1 fully saturated rings. The summed E-state index contributed by atoms with van der Waals surface area (Å²) in [7, 11) is 0. The molecule has 1 aromatic rings. The number of hydrogen-bond acceptors (Lipinski definition) is 3. The van der Waals surface area contributed by atoms with Gasteiger partial charge < -0.3 is 10.6 Å². The van der Waals surface area contributed by atoms with Crippen molar-refractivity contribution < 1.29 is 0 Å². The monoisotopic (exact) mass is 222 g/mol. The van der Waals surface area contributed by atoms with E-state index in [1.807, 2.05) is 11.8 Å². The molecule has 1 aliphatic heterocycles. The summed E-state index contributed by atoms with van der Waals surface area (Å²) in [6, 6.07) is 11.0. The van der Waals surface area contributed by atoms with E-state index >= 15 is 0 Å². The molecule has 1 heterocycles. The van der Waals surface area contributed by atoms with Gasteiger partial charge in [-0.2, -0.15) is 0 Å². The van der Waals surface area contributed by atoms with Crippen LogP contribution in [0.4, 0.5) is 0 Å². The third-order valence-corrected chi connectivity index (χ3v) is 3.72. The minimum absolute atomic E-state index is 0.409. The maximum Gasteiger partial charge on any atom is 0.0180 e. The van der Waals surface area contributed by atoms with Gasteiger partial charge in [0.25, 0.3) is 0 Å². The van der Waals surface area contributed by atoms with Crippen LogP contribution in [0.25, 0.3) is 0 Å². The van der Waals surface area contributed by atoms with Gasteiger partial charge in [0.2, 0.25) is 0 Å². The molecule has 0 aliphatic carbocycles. The van der Waals surface area contributed by atoms with Crippen LogP contribution < -0.4 is 5.73 Å². The van der Waals surface area contributed by atoms with E-state index in [4.69, 9.17) is 5.73 Å². The average molecular weight is 222 g/mol. The minimum atomic E-state index is 0.409. The highest BCUT2D eigenvalue weighted by Crippen LogP contribution is 2.17. The smallest absolute Gasteiger partial charge is 0.0180 e. The van der Waals surface area contributed by atoms with Gasteiger partial charge in [0.05, 0.1) is 0 Å². The van der Waals surface area contributed by atoms with Crippen molar-refractivity contribution in [2.45, 2.75) is 17.4 Å². The lowest BCUT2D eigenvalue weighted by Crippen LogP contribution is -2.28. The SMILES string of the molecule is NC1CCN(CCSc2ccccc2)C1. The molecule has 0 spiro atoms. The zero-order valence-electron chi connectivity index (χ0n) is 8.93. The second kappa shape index (κ2) is 5.54. The third-order valence-electron chi connectivity index (χ3n) is 2.73. The molecule has 0 bridgehead atoms. The molecular weight excluding hydrogens is 204 g/mol. The quantitative estimate of drug-likeness (QED) is 0.788. The normalized spacial score (nSPS) is 22.1. The molecule has 15 heavy (non-hydrogen) atoms. The Kier molecular flexibility index (Phi) is 4.06. The van der Waals surface area contributed by atoms with E-state index in [0.717, 1.165) is 25.3 Å². The molecule has 3 heteroatoms. The number of nitrogens with zero attached hydrogens (tertiary/aromatic N) is 1. The zero-order chi connectivity index (χ0) is 10.5. The molecule has 2 rings (SSSR count). The predicted octanol–water partition coefficient (Wildman–Crippen LogP) is 1.81. The van der Waals surface area contributed by atoms with Gasteiger partial charge in [-0.05, 0) is 25.1 Å². The molecule has 1 unspecified atom stereocenters. The van der Waals surface area contributed by atoms with Crippen LogP contribution in [-0.2, 0) is 0 Å². The van der Waals surface area contributed by atoms with Crippen LogP contribution in [0.3, 0.4) is 0 Å². The first-order chi connectivity index (χ1) is 7.34. The average Bonchev–Trinajstić information content (AvgIpc) is 2.66. The number of nitrogens with two attached hydrogens (primary N) is 1. The Hall–Kier alpha value is -0.510. The minimum Gasteiger partial charge on any atom is -0.326 e. The van der Waals surface area contributed by atoms with Crippen molar-refractivity contribution in [2.75, 3.05) is 25.4 Å². The van der Waals surface area contributed by atoms with Crippen LogP contribution in [0, 0.1) is 0 Å². The summed E-state index contributed by atoms with van der Waals surface area (Å²) < 4.78 is 0. The fourth-order valence-corrected chi connectivity index (χ4v) is 2.81. The predicted molar refractivity (Wildman–Crippen MR) is 66.2 cm³/mol. The topological polar surface area (TPSA) is 29.3 Å². The highest BCUT2D eigenvalue weighted by atomic mass is 32.2. The van der Waals surface area contributed by atoms with Crippen molar-refractivity contribution in [1.29, 1.82) is 0 Å².